The number of ether oxygens (including phenoxy) is 2. The second kappa shape index (κ2) is 14.7. The van der Waals surface area contributed by atoms with Crippen LogP contribution in [0.1, 0.15) is 23.1 Å². The fraction of sp³-hybridized carbons (Fsp3) is 0.237. The van der Waals surface area contributed by atoms with Crippen LogP contribution in [0.15, 0.2) is 103 Å². The predicted octanol–water partition coefficient (Wildman–Crippen LogP) is 7.24. The summed E-state index contributed by atoms with van der Waals surface area (Å²) in [4.78, 5) is 25.8. The van der Waals surface area contributed by atoms with Gasteiger partial charge in [0, 0.05) is 43.6 Å². The van der Waals surface area contributed by atoms with Crippen LogP contribution in [0.25, 0.3) is 22.6 Å². The van der Waals surface area contributed by atoms with Crippen molar-refractivity contribution in [2.45, 2.75) is 32.6 Å². The number of rotatable bonds is 11. The Hall–Kier alpha value is -6.38. The van der Waals surface area contributed by atoms with Crippen molar-refractivity contribution in [1.82, 2.24) is 34.3 Å². The summed E-state index contributed by atoms with van der Waals surface area (Å²) in [5.74, 6) is 2.18. The predicted molar refractivity (Wildman–Crippen MR) is 193 cm³/mol. The number of fused-ring (bicyclic) bond motifs is 1. The van der Waals surface area contributed by atoms with E-state index in [0.717, 1.165) is 33.8 Å². The highest BCUT2D eigenvalue weighted by atomic mass is 19.4. The van der Waals surface area contributed by atoms with E-state index in [2.05, 4.69) is 25.4 Å². The average Bonchev–Trinajstić information content (AvgIpc) is 3.92. The van der Waals surface area contributed by atoms with E-state index in [1.165, 1.54) is 17.3 Å². The number of anilines is 2. The lowest BCUT2D eigenvalue weighted by Crippen LogP contribution is -2.33. The molecule has 0 bridgehead atoms. The third kappa shape index (κ3) is 7.93. The van der Waals surface area contributed by atoms with Crippen LogP contribution in [-0.2, 0) is 13.1 Å². The van der Waals surface area contributed by atoms with Crippen molar-refractivity contribution in [1.29, 1.82) is 0 Å². The van der Waals surface area contributed by atoms with Gasteiger partial charge >= 0.3 is 12.2 Å². The summed E-state index contributed by atoms with van der Waals surface area (Å²) in [5.41, 5.74) is 6.38. The molecule has 0 saturated carbocycles. The molecule has 3 aromatic heterocycles. The maximum Gasteiger partial charge on any atom is 0.392 e. The summed E-state index contributed by atoms with van der Waals surface area (Å²) in [7, 11) is 3.27. The monoisotopic (exact) mass is 723 g/mol. The molecule has 0 saturated heterocycles. The van der Waals surface area contributed by atoms with Crippen LogP contribution in [0, 0.1) is 6.92 Å². The molecule has 1 aliphatic rings. The lowest BCUT2D eigenvalue weighted by molar-refractivity contribution is -0.127. The van der Waals surface area contributed by atoms with Gasteiger partial charge in [-0.1, -0.05) is 36.4 Å². The Morgan fingerprint density at radius 3 is 2.23 bits per heavy atom. The molecule has 6 aromatic rings. The third-order valence-electron chi connectivity index (χ3n) is 8.94. The van der Waals surface area contributed by atoms with Crippen molar-refractivity contribution in [2.24, 2.45) is 0 Å². The standard InChI is InChI=1S/C38H36F3N9O3/c1-25-4-9-30(46-37(51)47-15-14-28(22-47)17-38(39,40)41)16-33(25)49-23-29(18-44-49)34-19-42-36-35(43-24-45-50(34)36)48(20-26-5-10-31(52-2)11-6-26)21-27-7-12-32(53-3)13-8-27/h4-14,16,18-19,23-24H,15,17,20-22H2,1-3H3,(H,46,51). The minimum Gasteiger partial charge on any atom is -0.497 e. The average molecular weight is 724 g/mol. The quantitative estimate of drug-likeness (QED) is 0.139. The zero-order valence-corrected chi connectivity index (χ0v) is 29.2. The second-order valence-electron chi connectivity index (χ2n) is 12.7. The fourth-order valence-corrected chi connectivity index (χ4v) is 6.21. The first-order valence-corrected chi connectivity index (χ1v) is 16.7. The summed E-state index contributed by atoms with van der Waals surface area (Å²) in [5, 5.41) is 12.0. The number of halogens is 3. The van der Waals surface area contributed by atoms with Crippen LogP contribution < -0.4 is 19.7 Å². The highest BCUT2D eigenvalue weighted by Crippen LogP contribution is 2.30. The normalized spacial score (nSPS) is 12.9. The Morgan fingerprint density at radius 2 is 1.58 bits per heavy atom. The number of hydrogen-bond donors (Lipinski definition) is 1. The van der Waals surface area contributed by atoms with Gasteiger partial charge in [0.15, 0.2) is 11.5 Å². The van der Waals surface area contributed by atoms with Crippen LogP contribution in [0.4, 0.5) is 29.5 Å². The molecule has 0 atom stereocenters. The van der Waals surface area contributed by atoms with Gasteiger partial charge < -0.3 is 24.6 Å². The van der Waals surface area contributed by atoms with E-state index in [4.69, 9.17) is 14.5 Å². The molecule has 12 nitrogen and oxygen atoms in total. The van der Waals surface area contributed by atoms with Gasteiger partial charge in [0.25, 0.3) is 0 Å². The molecule has 0 spiro atoms. The molecule has 7 rings (SSSR count). The van der Waals surface area contributed by atoms with Crippen molar-refractivity contribution >= 4 is 23.2 Å². The van der Waals surface area contributed by atoms with Crippen LogP contribution in [0.2, 0.25) is 0 Å². The SMILES string of the molecule is COc1ccc(CN(Cc2ccc(OC)cc2)c2ncnn3c(-c4cnn(-c5cc(NC(=O)N6CC=C(CC(F)(F)F)C6)ccc5C)c4)cnc23)cc1. The smallest absolute Gasteiger partial charge is 0.392 e. The van der Waals surface area contributed by atoms with Crippen molar-refractivity contribution in [3.8, 4) is 28.4 Å². The number of urea groups is 1. The van der Waals surface area contributed by atoms with Crippen LogP contribution in [0.5, 0.6) is 11.5 Å². The van der Waals surface area contributed by atoms with Crippen molar-refractivity contribution < 1.29 is 27.4 Å². The fourth-order valence-electron chi connectivity index (χ4n) is 6.21. The van der Waals surface area contributed by atoms with Gasteiger partial charge in [0.2, 0.25) is 0 Å². The lowest BCUT2D eigenvalue weighted by Gasteiger charge is -2.24. The van der Waals surface area contributed by atoms with Crippen LogP contribution >= 0.6 is 0 Å². The number of alkyl halides is 3. The molecule has 4 heterocycles. The Morgan fingerprint density at radius 1 is 0.906 bits per heavy atom. The van der Waals surface area contributed by atoms with E-state index in [0.29, 0.717) is 41.6 Å². The molecule has 1 N–H and O–H groups in total. The highest BCUT2D eigenvalue weighted by Gasteiger charge is 2.32. The number of carbonyl (C=O) groups is 1. The molecule has 53 heavy (non-hydrogen) atoms. The molecular weight excluding hydrogens is 687 g/mol. The van der Waals surface area contributed by atoms with Gasteiger partial charge in [0.05, 0.1) is 44.4 Å². The first-order chi connectivity index (χ1) is 25.6. The lowest BCUT2D eigenvalue weighted by atomic mass is 10.1. The summed E-state index contributed by atoms with van der Waals surface area (Å²) in [6, 6.07) is 20.7. The number of amides is 2. The van der Waals surface area contributed by atoms with E-state index < -0.39 is 18.6 Å². The Labute approximate surface area is 303 Å². The summed E-state index contributed by atoms with van der Waals surface area (Å²) < 4.78 is 52.7. The van der Waals surface area contributed by atoms with Gasteiger partial charge in [-0.25, -0.2) is 24.0 Å². The summed E-state index contributed by atoms with van der Waals surface area (Å²) in [6.45, 7) is 3.04. The number of benzene rings is 3. The first kappa shape index (κ1) is 35.0. The number of imidazole rings is 1. The minimum atomic E-state index is -4.32. The van der Waals surface area contributed by atoms with E-state index in [9.17, 15) is 18.0 Å². The molecule has 3 aromatic carbocycles. The number of nitrogens with zero attached hydrogens (tertiary/aromatic N) is 8. The first-order valence-electron chi connectivity index (χ1n) is 16.7. The zero-order chi connectivity index (χ0) is 37.1. The van der Waals surface area contributed by atoms with Gasteiger partial charge in [-0.15, -0.1) is 0 Å². The number of methoxy groups -OCH3 is 2. The van der Waals surface area contributed by atoms with E-state index >= 15 is 0 Å². The van der Waals surface area contributed by atoms with Gasteiger partial charge in [-0.2, -0.15) is 23.4 Å². The van der Waals surface area contributed by atoms with Crippen LogP contribution in [0.3, 0.4) is 0 Å². The van der Waals surface area contributed by atoms with E-state index in [1.54, 1.807) is 47.9 Å². The Balaban J connectivity index is 1.13. The minimum absolute atomic E-state index is 0.0715. The number of aryl methyl sites for hydroxylation is 1. The number of nitrogens with one attached hydrogen (secondary N) is 1. The van der Waals surface area contributed by atoms with E-state index in [1.807, 2.05) is 67.7 Å². The topological polar surface area (TPSA) is 115 Å². The largest absolute Gasteiger partial charge is 0.497 e. The van der Waals surface area contributed by atoms with Crippen molar-refractivity contribution in [2.75, 3.05) is 37.5 Å². The molecule has 0 unspecified atom stereocenters. The summed E-state index contributed by atoms with van der Waals surface area (Å²) >= 11 is 0. The summed E-state index contributed by atoms with van der Waals surface area (Å²) in [6.07, 6.45) is 2.89. The molecule has 15 heteroatoms. The van der Waals surface area contributed by atoms with Crippen LogP contribution in [-0.4, -0.2) is 73.8 Å². The molecule has 0 aliphatic carbocycles. The molecule has 1 aliphatic heterocycles. The van der Waals surface area contributed by atoms with Gasteiger partial charge in [-0.05, 0) is 65.6 Å². The molecule has 272 valence electrons. The number of aromatic nitrogens is 6. The zero-order valence-electron chi connectivity index (χ0n) is 29.2. The van der Waals surface area contributed by atoms with Crippen molar-refractivity contribution in [3.05, 3.63) is 120 Å². The third-order valence-corrected chi connectivity index (χ3v) is 8.94. The molecule has 0 radical (unpaired) electrons. The maximum absolute atomic E-state index is 12.9. The molecular formula is C38H36F3N9O3. The molecule has 0 fully saturated rings. The Kier molecular flexibility index (Phi) is 9.72. The van der Waals surface area contributed by atoms with Crippen molar-refractivity contribution in [3.63, 3.8) is 0 Å². The highest BCUT2D eigenvalue weighted by molar-refractivity contribution is 5.90. The van der Waals surface area contributed by atoms with E-state index in [-0.39, 0.29) is 18.7 Å². The maximum atomic E-state index is 12.9. The molecule has 2 amide bonds. The van der Waals surface area contributed by atoms with Gasteiger partial charge in [-0.3, -0.25) is 0 Å². The van der Waals surface area contributed by atoms with Gasteiger partial charge in [0.1, 0.15) is 17.8 Å². The second-order valence-corrected chi connectivity index (χ2v) is 12.7. The Bertz CT molecular complexity index is 2220. The number of carbonyl (C=O) groups excluding carboxylic acids is 1. The number of hydrogen-bond acceptors (Lipinski definition) is 8.